The van der Waals surface area contributed by atoms with Gasteiger partial charge in [0.2, 0.25) is 10.0 Å². The van der Waals surface area contributed by atoms with Crippen LogP contribution in [-0.4, -0.2) is 38.6 Å². The minimum atomic E-state index is -3.83. The summed E-state index contributed by atoms with van der Waals surface area (Å²) in [5, 5.41) is 0. The lowest BCUT2D eigenvalue weighted by Crippen LogP contribution is -2.46. The Bertz CT molecular complexity index is 489. The highest BCUT2D eigenvalue weighted by molar-refractivity contribution is 7.89. The number of nitrogens with one attached hydrogen (secondary N) is 1. The van der Waals surface area contributed by atoms with Gasteiger partial charge >= 0.3 is 5.97 Å². The average Bonchev–Trinajstić information content (AvgIpc) is 2.37. The molecule has 0 aliphatic carbocycles. The van der Waals surface area contributed by atoms with Crippen molar-refractivity contribution in [2.24, 2.45) is 5.73 Å². The van der Waals surface area contributed by atoms with Gasteiger partial charge in [-0.1, -0.05) is 0 Å². The molecule has 0 amide bonds. The van der Waals surface area contributed by atoms with Gasteiger partial charge in [0.05, 0.1) is 6.61 Å². The fraction of sp³-hybridized carbons (Fsp3) is 0.400. The minimum Gasteiger partial charge on any atom is -0.465 e. The Morgan fingerprint density at radius 2 is 2.33 bits per heavy atom. The molecule has 0 aliphatic heterocycles. The Hall–Kier alpha value is -1.51. The Morgan fingerprint density at radius 3 is 2.83 bits per heavy atom. The molecule has 8 heteroatoms. The van der Waals surface area contributed by atoms with E-state index in [2.05, 4.69) is 9.71 Å². The van der Waals surface area contributed by atoms with Crippen molar-refractivity contribution in [1.82, 2.24) is 9.71 Å². The average molecular weight is 273 g/mol. The highest BCUT2D eigenvalue weighted by Gasteiger charge is 2.25. The molecule has 3 N–H and O–H groups in total. The van der Waals surface area contributed by atoms with E-state index < -0.39 is 22.0 Å². The van der Waals surface area contributed by atoms with Crippen molar-refractivity contribution in [1.29, 1.82) is 0 Å². The van der Waals surface area contributed by atoms with Gasteiger partial charge in [0, 0.05) is 18.9 Å². The number of rotatable bonds is 6. The molecule has 0 saturated heterocycles. The Balaban J connectivity index is 2.85. The monoisotopic (exact) mass is 273 g/mol. The van der Waals surface area contributed by atoms with E-state index in [-0.39, 0.29) is 18.0 Å². The lowest BCUT2D eigenvalue weighted by molar-refractivity contribution is -0.144. The topological polar surface area (TPSA) is 111 Å². The van der Waals surface area contributed by atoms with Gasteiger partial charge in [-0.05, 0) is 19.1 Å². The van der Waals surface area contributed by atoms with Gasteiger partial charge in [-0.15, -0.1) is 0 Å². The van der Waals surface area contributed by atoms with Crippen molar-refractivity contribution in [3.63, 3.8) is 0 Å². The van der Waals surface area contributed by atoms with Crippen LogP contribution in [0.2, 0.25) is 0 Å². The zero-order chi connectivity index (χ0) is 13.6. The largest absolute Gasteiger partial charge is 0.465 e. The molecule has 1 aromatic rings. The molecule has 1 aromatic heterocycles. The number of nitrogens with two attached hydrogens (primary N) is 1. The standard InChI is InChI=1S/C10H15N3O4S/c1-2-17-10(14)9(6-11)13-18(15,16)8-4-3-5-12-7-8/h3-5,7,9,13H,2,6,11H2,1H3/t9-/m0/s1. The van der Waals surface area contributed by atoms with Crippen LogP contribution in [0.15, 0.2) is 29.4 Å². The van der Waals surface area contributed by atoms with E-state index in [4.69, 9.17) is 10.5 Å². The Kier molecular flexibility index (Phi) is 5.20. The molecular formula is C10H15N3O4S. The highest BCUT2D eigenvalue weighted by Crippen LogP contribution is 2.06. The molecule has 0 spiro atoms. The zero-order valence-electron chi connectivity index (χ0n) is 9.87. The van der Waals surface area contributed by atoms with Crippen LogP contribution in [-0.2, 0) is 19.6 Å². The number of pyridine rings is 1. The molecule has 7 nitrogen and oxygen atoms in total. The SMILES string of the molecule is CCOC(=O)[C@H](CN)NS(=O)(=O)c1cccnc1. The summed E-state index contributed by atoms with van der Waals surface area (Å²) in [6, 6.07) is 1.75. The Labute approximate surface area is 105 Å². The highest BCUT2D eigenvalue weighted by atomic mass is 32.2. The van der Waals surface area contributed by atoms with Crippen LogP contribution in [0.3, 0.4) is 0 Å². The number of ether oxygens (including phenoxy) is 1. The van der Waals surface area contributed by atoms with Crippen LogP contribution in [0.5, 0.6) is 0 Å². The van der Waals surface area contributed by atoms with Crippen molar-refractivity contribution in [3.05, 3.63) is 24.5 Å². The molecule has 18 heavy (non-hydrogen) atoms. The van der Waals surface area contributed by atoms with Crippen LogP contribution in [0.4, 0.5) is 0 Å². The van der Waals surface area contributed by atoms with E-state index in [0.717, 1.165) is 0 Å². The first-order chi connectivity index (χ1) is 8.51. The predicted molar refractivity (Wildman–Crippen MR) is 64.0 cm³/mol. The maximum Gasteiger partial charge on any atom is 0.325 e. The van der Waals surface area contributed by atoms with Crippen LogP contribution in [0.1, 0.15) is 6.92 Å². The molecule has 0 unspecified atom stereocenters. The predicted octanol–water partition coefficient (Wildman–Crippen LogP) is -0.750. The molecule has 0 saturated carbocycles. The smallest absolute Gasteiger partial charge is 0.325 e. The Morgan fingerprint density at radius 1 is 1.61 bits per heavy atom. The molecule has 1 atom stereocenters. The second-order valence-corrected chi connectivity index (χ2v) is 5.06. The van der Waals surface area contributed by atoms with Crippen LogP contribution in [0, 0.1) is 0 Å². The summed E-state index contributed by atoms with van der Waals surface area (Å²) in [6.45, 7) is 1.60. The van der Waals surface area contributed by atoms with Gasteiger partial charge in [0.1, 0.15) is 10.9 Å². The molecule has 0 aliphatic rings. The summed E-state index contributed by atoms with van der Waals surface area (Å²) in [7, 11) is -3.83. The van der Waals surface area contributed by atoms with Crippen LogP contribution in [0.25, 0.3) is 0 Å². The van der Waals surface area contributed by atoms with Gasteiger partial charge in [-0.3, -0.25) is 9.78 Å². The van der Waals surface area contributed by atoms with E-state index in [0.29, 0.717) is 0 Å². The number of nitrogens with zero attached hydrogens (tertiary/aromatic N) is 1. The summed E-state index contributed by atoms with van der Waals surface area (Å²) in [6.07, 6.45) is 2.63. The van der Waals surface area contributed by atoms with E-state index in [1.807, 2.05) is 0 Å². The maximum atomic E-state index is 11.9. The number of aromatic nitrogens is 1. The van der Waals surface area contributed by atoms with E-state index in [9.17, 15) is 13.2 Å². The maximum absolute atomic E-state index is 11.9. The van der Waals surface area contributed by atoms with Crippen molar-refractivity contribution < 1.29 is 17.9 Å². The van der Waals surface area contributed by atoms with Gasteiger partial charge < -0.3 is 10.5 Å². The normalized spacial score (nSPS) is 13.0. The lowest BCUT2D eigenvalue weighted by Gasteiger charge is -2.15. The molecule has 0 radical (unpaired) electrons. The fourth-order valence-corrected chi connectivity index (χ4v) is 2.36. The second kappa shape index (κ2) is 6.43. The molecule has 1 heterocycles. The number of sulfonamides is 1. The van der Waals surface area contributed by atoms with Crippen molar-refractivity contribution >= 4 is 16.0 Å². The zero-order valence-corrected chi connectivity index (χ0v) is 10.7. The van der Waals surface area contributed by atoms with Crippen molar-refractivity contribution in [2.75, 3.05) is 13.2 Å². The van der Waals surface area contributed by atoms with Crippen LogP contribution < -0.4 is 10.5 Å². The van der Waals surface area contributed by atoms with E-state index >= 15 is 0 Å². The van der Waals surface area contributed by atoms with E-state index in [1.165, 1.54) is 24.5 Å². The minimum absolute atomic E-state index is 0.0345. The molecule has 0 aromatic carbocycles. The summed E-state index contributed by atoms with van der Waals surface area (Å²) < 4.78 is 30.7. The quantitative estimate of drug-likeness (QED) is 0.660. The number of esters is 1. The van der Waals surface area contributed by atoms with Gasteiger partial charge in [-0.25, -0.2) is 8.42 Å². The number of carbonyl (C=O) groups is 1. The molecule has 0 fully saturated rings. The van der Waals surface area contributed by atoms with Crippen molar-refractivity contribution in [2.45, 2.75) is 17.9 Å². The summed E-state index contributed by atoms with van der Waals surface area (Å²) in [5.41, 5.74) is 5.35. The first-order valence-corrected chi connectivity index (χ1v) is 6.78. The van der Waals surface area contributed by atoms with Crippen molar-refractivity contribution in [3.8, 4) is 0 Å². The molecule has 1 rings (SSSR count). The summed E-state index contributed by atoms with van der Waals surface area (Å²) in [5.74, 6) is -0.701. The van der Waals surface area contributed by atoms with Crippen LogP contribution >= 0.6 is 0 Å². The lowest BCUT2D eigenvalue weighted by atomic mass is 10.3. The first kappa shape index (κ1) is 14.6. The summed E-state index contributed by atoms with van der Waals surface area (Å²) in [4.78, 5) is 15.1. The van der Waals surface area contributed by atoms with Gasteiger partial charge in [0.15, 0.2) is 0 Å². The number of hydrogen-bond acceptors (Lipinski definition) is 6. The van der Waals surface area contributed by atoms with E-state index in [1.54, 1.807) is 6.92 Å². The third-order valence-corrected chi connectivity index (χ3v) is 3.51. The van der Waals surface area contributed by atoms with Gasteiger partial charge in [-0.2, -0.15) is 4.72 Å². The second-order valence-electron chi connectivity index (χ2n) is 3.35. The first-order valence-electron chi connectivity index (χ1n) is 5.30. The molecular weight excluding hydrogens is 258 g/mol. The third-order valence-electron chi connectivity index (χ3n) is 2.05. The molecule has 0 bridgehead atoms. The number of hydrogen-bond donors (Lipinski definition) is 2. The fourth-order valence-electron chi connectivity index (χ4n) is 1.20. The number of carbonyl (C=O) groups excluding carboxylic acids is 1. The summed E-state index contributed by atoms with van der Waals surface area (Å²) >= 11 is 0. The molecule has 100 valence electrons. The van der Waals surface area contributed by atoms with Gasteiger partial charge in [0.25, 0.3) is 0 Å². The third kappa shape index (κ3) is 3.76.